The first-order valence-corrected chi connectivity index (χ1v) is 8.16. The van der Waals surface area contributed by atoms with Gasteiger partial charge in [-0.2, -0.15) is 0 Å². The Hall–Kier alpha value is -2.45. The number of nitrogens with one attached hydrogen (secondary N) is 1. The monoisotopic (exact) mass is 426 g/mol. The average Bonchev–Trinajstić information content (AvgIpc) is 2.57. The van der Waals surface area contributed by atoms with Crippen LogP contribution in [0.15, 0.2) is 46.9 Å². The standard InChI is InChI=1S/C16H12BrClN2O5/c17-13-8-12(20(23)24)5-6-14(13)19-15(21)9-25-16(22)7-10-1-3-11(18)4-2-10/h1-6,8H,7,9H2,(H,19,21). The summed E-state index contributed by atoms with van der Waals surface area (Å²) >= 11 is 8.89. The van der Waals surface area contributed by atoms with Crippen LogP contribution in [-0.4, -0.2) is 23.4 Å². The van der Waals surface area contributed by atoms with E-state index in [1.807, 2.05) is 0 Å². The highest BCUT2D eigenvalue weighted by Gasteiger charge is 2.13. The summed E-state index contributed by atoms with van der Waals surface area (Å²) in [6, 6.07) is 10.6. The molecule has 9 heteroatoms. The van der Waals surface area contributed by atoms with Crippen LogP contribution in [0.5, 0.6) is 0 Å². The SMILES string of the molecule is O=C(COC(=O)Cc1ccc(Cl)cc1)Nc1ccc([N+](=O)[O-])cc1Br. The summed E-state index contributed by atoms with van der Waals surface area (Å²) in [6.07, 6.45) is 0.0195. The lowest BCUT2D eigenvalue weighted by Gasteiger charge is -2.08. The predicted octanol–water partition coefficient (Wildman–Crippen LogP) is 3.74. The molecule has 0 aromatic heterocycles. The first-order chi connectivity index (χ1) is 11.8. The Morgan fingerprint density at radius 3 is 2.48 bits per heavy atom. The van der Waals surface area contributed by atoms with E-state index in [9.17, 15) is 19.7 Å². The number of hydrogen-bond acceptors (Lipinski definition) is 5. The van der Waals surface area contributed by atoms with Crippen LogP contribution in [0.25, 0.3) is 0 Å². The predicted molar refractivity (Wildman–Crippen MR) is 95.5 cm³/mol. The molecule has 0 saturated heterocycles. The van der Waals surface area contributed by atoms with Crippen LogP contribution in [0.2, 0.25) is 5.02 Å². The van der Waals surface area contributed by atoms with Crippen molar-refractivity contribution in [2.75, 3.05) is 11.9 Å². The number of nitro groups is 1. The van der Waals surface area contributed by atoms with E-state index in [0.29, 0.717) is 20.7 Å². The molecule has 0 fully saturated rings. The highest BCUT2D eigenvalue weighted by atomic mass is 79.9. The fourth-order valence-electron chi connectivity index (χ4n) is 1.87. The van der Waals surface area contributed by atoms with Gasteiger partial charge in [0.05, 0.1) is 17.0 Å². The maximum Gasteiger partial charge on any atom is 0.310 e. The van der Waals surface area contributed by atoms with Gasteiger partial charge >= 0.3 is 5.97 Å². The summed E-state index contributed by atoms with van der Waals surface area (Å²) < 4.78 is 5.25. The molecule has 7 nitrogen and oxygen atoms in total. The number of nitro benzene ring substituents is 1. The van der Waals surface area contributed by atoms with Gasteiger partial charge in [-0.05, 0) is 39.7 Å². The Morgan fingerprint density at radius 2 is 1.88 bits per heavy atom. The summed E-state index contributed by atoms with van der Waals surface area (Å²) in [4.78, 5) is 33.7. The highest BCUT2D eigenvalue weighted by molar-refractivity contribution is 9.10. The van der Waals surface area contributed by atoms with E-state index in [4.69, 9.17) is 16.3 Å². The number of rotatable bonds is 6. The zero-order valence-electron chi connectivity index (χ0n) is 12.7. The van der Waals surface area contributed by atoms with Crippen molar-refractivity contribution in [3.63, 3.8) is 0 Å². The number of halogens is 2. The molecule has 2 rings (SSSR count). The molecule has 1 amide bonds. The van der Waals surface area contributed by atoms with Crippen LogP contribution in [0.4, 0.5) is 11.4 Å². The number of amides is 1. The van der Waals surface area contributed by atoms with Gasteiger partial charge in [0.15, 0.2) is 6.61 Å². The van der Waals surface area contributed by atoms with Crippen LogP contribution in [0, 0.1) is 10.1 Å². The van der Waals surface area contributed by atoms with Crippen LogP contribution in [0.1, 0.15) is 5.56 Å². The number of carbonyl (C=O) groups excluding carboxylic acids is 2. The average molecular weight is 428 g/mol. The maximum absolute atomic E-state index is 11.8. The molecule has 2 aromatic carbocycles. The number of nitrogens with zero attached hydrogens (tertiary/aromatic N) is 1. The number of ether oxygens (including phenoxy) is 1. The van der Waals surface area contributed by atoms with Crippen molar-refractivity contribution in [2.45, 2.75) is 6.42 Å². The molecule has 0 radical (unpaired) electrons. The molecule has 2 aromatic rings. The van der Waals surface area contributed by atoms with Gasteiger partial charge in [-0.1, -0.05) is 23.7 Å². The normalized spacial score (nSPS) is 10.2. The molecule has 25 heavy (non-hydrogen) atoms. The van der Waals surface area contributed by atoms with Crippen molar-refractivity contribution in [3.05, 3.63) is 67.6 Å². The smallest absolute Gasteiger partial charge is 0.310 e. The molecule has 0 atom stereocenters. The van der Waals surface area contributed by atoms with Crippen LogP contribution in [0.3, 0.4) is 0 Å². The third-order valence-electron chi connectivity index (χ3n) is 3.06. The van der Waals surface area contributed by atoms with Crippen molar-refractivity contribution >= 4 is 50.8 Å². The van der Waals surface area contributed by atoms with Gasteiger partial charge in [-0.25, -0.2) is 0 Å². The van der Waals surface area contributed by atoms with E-state index in [-0.39, 0.29) is 12.1 Å². The van der Waals surface area contributed by atoms with E-state index >= 15 is 0 Å². The minimum absolute atomic E-state index is 0.0195. The highest BCUT2D eigenvalue weighted by Crippen LogP contribution is 2.27. The van der Waals surface area contributed by atoms with Crippen molar-refractivity contribution in [1.82, 2.24) is 0 Å². The number of non-ortho nitro benzene ring substituents is 1. The van der Waals surface area contributed by atoms with Crippen molar-refractivity contribution < 1.29 is 19.2 Å². The fourth-order valence-corrected chi connectivity index (χ4v) is 2.46. The molecule has 0 aliphatic heterocycles. The summed E-state index contributed by atoms with van der Waals surface area (Å²) in [5, 5.41) is 13.7. The lowest BCUT2D eigenvalue weighted by Crippen LogP contribution is -2.21. The fraction of sp³-hybridized carbons (Fsp3) is 0.125. The van der Waals surface area contributed by atoms with Gasteiger partial charge < -0.3 is 10.1 Å². The van der Waals surface area contributed by atoms with Crippen molar-refractivity contribution in [1.29, 1.82) is 0 Å². The number of carbonyl (C=O) groups is 2. The van der Waals surface area contributed by atoms with Gasteiger partial charge in [0.25, 0.3) is 11.6 Å². The van der Waals surface area contributed by atoms with Gasteiger partial charge in [0.1, 0.15) is 0 Å². The zero-order chi connectivity index (χ0) is 18.4. The molecular formula is C16H12BrClN2O5. The Kier molecular flexibility index (Phi) is 6.49. The molecule has 0 bridgehead atoms. The molecule has 1 N–H and O–H groups in total. The van der Waals surface area contributed by atoms with Crippen LogP contribution < -0.4 is 5.32 Å². The molecule has 0 heterocycles. The second-order valence-electron chi connectivity index (χ2n) is 4.93. The maximum atomic E-state index is 11.8. The summed E-state index contributed by atoms with van der Waals surface area (Å²) in [5.41, 5.74) is 0.941. The molecule has 0 aliphatic carbocycles. The second kappa shape index (κ2) is 8.59. The number of benzene rings is 2. The Bertz CT molecular complexity index is 811. The minimum atomic E-state index is -0.556. The first-order valence-electron chi connectivity index (χ1n) is 6.99. The Balaban J connectivity index is 1.85. The summed E-state index contributed by atoms with van der Waals surface area (Å²) in [6.45, 7) is -0.462. The minimum Gasteiger partial charge on any atom is -0.455 e. The number of esters is 1. The van der Waals surface area contributed by atoms with Gasteiger partial charge in [-0.15, -0.1) is 0 Å². The van der Waals surface area contributed by atoms with E-state index in [1.54, 1.807) is 24.3 Å². The first kappa shape index (κ1) is 18.9. The molecular weight excluding hydrogens is 416 g/mol. The van der Waals surface area contributed by atoms with Crippen LogP contribution in [-0.2, 0) is 20.7 Å². The summed E-state index contributed by atoms with van der Waals surface area (Å²) in [7, 11) is 0. The lowest BCUT2D eigenvalue weighted by atomic mass is 10.1. The summed E-state index contributed by atoms with van der Waals surface area (Å²) in [5.74, 6) is -1.11. The van der Waals surface area contributed by atoms with E-state index in [2.05, 4.69) is 21.2 Å². The molecule has 0 aliphatic rings. The van der Waals surface area contributed by atoms with Crippen molar-refractivity contribution in [3.8, 4) is 0 Å². The van der Waals surface area contributed by atoms with E-state index in [1.165, 1.54) is 18.2 Å². The Morgan fingerprint density at radius 1 is 1.20 bits per heavy atom. The Labute approximate surface area is 156 Å². The van der Waals surface area contributed by atoms with Crippen LogP contribution >= 0.6 is 27.5 Å². The quantitative estimate of drug-likeness (QED) is 0.430. The van der Waals surface area contributed by atoms with Gasteiger partial charge in [0.2, 0.25) is 0 Å². The molecule has 130 valence electrons. The topological polar surface area (TPSA) is 98.5 Å². The van der Waals surface area contributed by atoms with Gasteiger partial charge in [0, 0.05) is 21.6 Å². The molecule has 0 saturated carbocycles. The number of anilines is 1. The second-order valence-corrected chi connectivity index (χ2v) is 6.22. The lowest BCUT2D eigenvalue weighted by molar-refractivity contribution is -0.384. The number of hydrogen-bond donors (Lipinski definition) is 1. The zero-order valence-corrected chi connectivity index (χ0v) is 15.0. The van der Waals surface area contributed by atoms with Gasteiger partial charge in [-0.3, -0.25) is 19.7 Å². The molecule has 0 spiro atoms. The third-order valence-corrected chi connectivity index (χ3v) is 3.97. The van der Waals surface area contributed by atoms with E-state index in [0.717, 1.165) is 0 Å². The van der Waals surface area contributed by atoms with E-state index < -0.39 is 23.4 Å². The third kappa shape index (κ3) is 5.84. The largest absolute Gasteiger partial charge is 0.455 e. The van der Waals surface area contributed by atoms with Crippen molar-refractivity contribution in [2.24, 2.45) is 0 Å². The molecule has 0 unspecified atom stereocenters.